The zero-order chi connectivity index (χ0) is 22.5. The Bertz CT molecular complexity index is 878. The van der Waals surface area contributed by atoms with Crippen LogP contribution >= 0.6 is 0 Å². The van der Waals surface area contributed by atoms with Crippen molar-refractivity contribution in [2.24, 2.45) is 10.9 Å². The van der Waals surface area contributed by atoms with Crippen molar-refractivity contribution in [3.8, 4) is 0 Å². The van der Waals surface area contributed by atoms with Crippen LogP contribution in [0.3, 0.4) is 0 Å². The van der Waals surface area contributed by atoms with Crippen LogP contribution in [-0.4, -0.2) is 61.7 Å². The molecule has 32 heavy (non-hydrogen) atoms. The van der Waals surface area contributed by atoms with Crippen molar-refractivity contribution in [1.29, 1.82) is 0 Å². The number of aliphatic imine (C=N–C) groups is 1. The Balaban J connectivity index is 1.17. The maximum absolute atomic E-state index is 5.75. The van der Waals surface area contributed by atoms with Gasteiger partial charge in [-0.1, -0.05) is 17.7 Å². The average molecular weight is 439 g/mol. The molecule has 2 fully saturated rings. The van der Waals surface area contributed by atoms with Gasteiger partial charge in [-0.15, -0.1) is 0 Å². The van der Waals surface area contributed by atoms with Crippen molar-refractivity contribution in [3.63, 3.8) is 0 Å². The van der Waals surface area contributed by atoms with Crippen molar-refractivity contribution in [2.75, 3.05) is 44.7 Å². The molecule has 0 bridgehead atoms. The molecule has 2 aromatic rings. The Labute approximate surface area is 192 Å². The third-order valence-electron chi connectivity index (χ3n) is 6.85. The van der Waals surface area contributed by atoms with Gasteiger partial charge in [0.2, 0.25) is 5.89 Å². The molecule has 2 saturated heterocycles. The van der Waals surface area contributed by atoms with Crippen LogP contribution in [0.1, 0.15) is 42.2 Å². The highest BCUT2D eigenvalue weighted by molar-refractivity contribution is 5.80. The Morgan fingerprint density at radius 3 is 2.50 bits per heavy atom. The summed E-state index contributed by atoms with van der Waals surface area (Å²) in [6.07, 6.45) is 3.51. The number of guanidine groups is 1. The van der Waals surface area contributed by atoms with E-state index >= 15 is 0 Å². The molecule has 1 atom stereocenters. The van der Waals surface area contributed by atoms with E-state index in [0.717, 1.165) is 69.0 Å². The molecule has 174 valence electrons. The van der Waals surface area contributed by atoms with Crippen LogP contribution in [0.25, 0.3) is 0 Å². The standard InChI is InChI=1S/C25H38N6O/c1-18-5-7-23(8-6-18)31-14-11-22(16-31)29-25(26-4)27-15-21-9-12-30(13-10-21)17-24-28-19(2)20(3)32-24/h5-8,21-22H,9-17H2,1-4H3,(H2,26,27,29). The Morgan fingerprint density at radius 2 is 1.84 bits per heavy atom. The molecule has 7 nitrogen and oxygen atoms in total. The lowest BCUT2D eigenvalue weighted by molar-refractivity contribution is 0.164. The van der Waals surface area contributed by atoms with E-state index in [1.54, 1.807) is 0 Å². The minimum atomic E-state index is 0.428. The molecule has 1 aromatic heterocycles. The highest BCUT2D eigenvalue weighted by Gasteiger charge is 2.24. The third kappa shape index (κ3) is 5.82. The summed E-state index contributed by atoms with van der Waals surface area (Å²) in [6, 6.07) is 9.25. The first kappa shape index (κ1) is 22.6. The number of nitrogens with one attached hydrogen (secondary N) is 2. The van der Waals surface area contributed by atoms with Crippen LogP contribution in [0.15, 0.2) is 33.7 Å². The molecule has 1 unspecified atom stereocenters. The summed E-state index contributed by atoms with van der Waals surface area (Å²) in [5.74, 6) is 3.37. The van der Waals surface area contributed by atoms with Crippen molar-refractivity contribution in [3.05, 3.63) is 47.2 Å². The summed E-state index contributed by atoms with van der Waals surface area (Å²) < 4.78 is 5.75. The average Bonchev–Trinajstić information content (AvgIpc) is 3.38. The number of nitrogens with zero attached hydrogens (tertiary/aromatic N) is 4. The van der Waals surface area contributed by atoms with Crippen molar-refractivity contribution in [2.45, 2.75) is 52.6 Å². The van der Waals surface area contributed by atoms with E-state index in [-0.39, 0.29) is 0 Å². The molecule has 3 heterocycles. The number of likely N-dealkylation sites (tertiary alicyclic amines) is 1. The minimum Gasteiger partial charge on any atom is -0.444 e. The fraction of sp³-hybridized carbons (Fsp3) is 0.600. The molecular weight excluding hydrogens is 400 g/mol. The van der Waals surface area contributed by atoms with E-state index in [0.29, 0.717) is 12.0 Å². The molecule has 0 radical (unpaired) electrons. The second kappa shape index (κ2) is 10.4. The summed E-state index contributed by atoms with van der Waals surface area (Å²) in [6.45, 7) is 12.2. The van der Waals surface area contributed by atoms with Gasteiger partial charge in [-0.05, 0) is 71.2 Å². The zero-order valence-corrected chi connectivity index (χ0v) is 20.0. The predicted octanol–water partition coefficient (Wildman–Crippen LogP) is 3.26. The molecule has 1 aromatic carbocycles. The third-order valence-corrected chi connectivity index (χ3v) is 6.85. The van der Waals surface area contributed by atoms with E-state index < -0.39 is 0 Å². The van der Waals surface area contributed by atoms with E-state index in [1.165, 1.54) is 24.1 Å². The molecular formula is C25H38N6O. The first-order chi connectivity index (χ1) is 15.5. The first-order valence-electron chi connectivity index (χ1n) is 11.9. The lowest BCUT2D eigenvalue weighted by Gasteiger charge is -2.31. The molecule has 2 aliphatic rings. The molecule has 0 saturated carbocycles. The number of oxazole rings is 1. The number of piperidine rings is 1. The van der Waals surface area contributed by atoms with Gasteiger partial charge in [-0.25, -0.2) is 4.98 Å². The molecule has 2 N–H and O–H groups in total. The minimum absolute atomic E-state index is 0.428. The zero-order valence-electron chi connectivity index (χ0n) is 20.0. The van der Waals surface area contributed by atoms with Crippen LogP contribution in [-0.2, 0) is 6.54 Å². The van der Waals surface area contributed by atoms with E-state index in [4.69, 9.17) is 4.42 Å². The number of hydrogen-bond acceptors (Lipinski definition) is 5. The molecule has 2 aliphatic heterocycles. The van der Waals surface area contributed by atoms with Gasteiger partial charge in [0, 0.05) is 38.4 Å². The summed E-state index contributed by atoms with van der Waals surface area (Å²) in [4.78, 5) is 13.9. The maximum atomic E-state index is 5.75. The summed E-state index contributed by atoms with van der Waals surface area (Å²) in [5, 5.41) is 7.21. The first-order valence-corrected chi connectivity index (χ1v) is 11.9. The fourth-order valence-corrected chi connectivity index (χ4v) is 4.64. The smallest absolute Gasteiger partial charge is 0.208 e. The number of benzene rings is 1. The Morgan fingerprint density at radius 1 is 1.09 bits per heavy atom. The van der Waals surface area contributed by atoms with E-state index in [1.807, 2.05) is 20.9 Å². The lowest BCUT2D eigenvalue weighted by atomic mass is 9.97. The van der Waals surface area contributed by atoms with Gasteiger partial charge in [0.15, 0.2) is 5.96 Å². The van der Waals surface area contributed by atoms with Gasteiger partial charge in [0.25, 0.3) is 0 Å². The molecule has 0 amide bonds. The molecule has 4 rings (SSSR count). The lowest BCUT2D eigenvalue weighted by Crippen LogP contribution is -2.47. The van der Waals surface area contributed by atoms with Crippen molar-refractivity contribution >= 4 is 11.6 Å². The normalized spacial score (nSPS) is 20.7. The van der Waals surface area contributed by atoms with E-state index in [9.17, 15) is 0 Å². The van der Waals surface area contributed by atoms with Gasteiger partial charge in [0.1, 0.15) is 5.76 Å². The Kier molecular flexibility index (Phi) is 7.35. The van der Waals surface area contributed by atoms with Crippen LogP contribution in [0.5, 0.6) is 0 Å². The van der Waals surface area contributed by atoms with Gasteiger partial charge in [-0.2, -0.15) is 0 Å². The quantitative estimate of drug-likeness (QED) is 0.533. The number of aryl methyl sites for hydroxylation is 3. The van der Waals surface area contributed by atoms with Gasteiger partial charge < -0.3 is 20.0 Å². The topological polar surface area (TPSA) is 68.9 Å². The number of aromatic nitrogens is 1. The second-order valence-corrected chi connectivity index (χ2v) is 9.33. The highest BCUT2D eigenvalue weighted by Crippen LogP contribution is 2.21. The van der Waals surface area contributed by atoms with Gasteiger partial charge in [-0.3, -0.25) is 9.89 Å². The summed E-state index contributed by atoms with van der Waals surface area (Å²) >= 11 is 0. The molecule has 7 heteroatoms. The fourth-order valence-electron chi connectivity index (χ4n) is 4.64. The monoisotopic (exact) mass is 438 g/mol. The molecule has 0 spiro atoms. The van der Waals surface area contributed by atoms with Crippen LogP contribution in [0.2, 0.25) is 0 Å². The van der Waals surface area contributed by atoms with Crippen LogP contribution < -0.4 is 15.5 Å². The van der Waals surface area contributed by atoms with Gasteiger partial charge >= 0.3 is 0 Å². The summed E-state index contributed by atoms with van der Waals surface area (Å²) in [5.41, 5.74) is 3.62. The highest BCUT2D eigenvalue weighted by atomic mass is 16.4. The Hall–Kier alpha value is -2.54. The maximum Gasteiger partial charge on any atom is 0.208 e. The van der Waals surface area contributed by atoms with Crippen LogP contribution in [0.4, 0.5) is 5.69 Å². The second-order valence-electron chi connectivity index (χ2n) is 9.33. The number of anilines is 1. The summed E-state index contributed by atoms with van der Waals surface area (Å²) in [7, 11) is 1.87. The number of rotatable bonds is 6. The van der Waals surface area contributed by atoms with Crippen molar-refractivity contribution < 1.29 is 4.42 Å². The van der Waals surface area contributed by atoms with Crippen molar-refractivity contribution in [1.82, 2.24) is 20.5 Å². The SMILES string of the molecule is CN=C(NCC1CCN(Cc2nc(C)c(C)o2)CC1)NC1CCN(c2ccc(C)cc2)C1. The molecule has 0 aliphatic carbocycles. The number of hydrogen-bond donors (Lipinski definition) is 2. The largest absolute Gasteiger partial charge is 0.444 e. The van der Waals surface area contributed by atoms with E-state index in [2.05, 4.69) is 61.6 Å². The van der Waals surface area contributed by atoms with Crippen LogP contribution in [0, 0.1) is 26.7 Å². The van der Waals surface area contributed by atoms with Gasteiger partial charge in [0.05, 0.1) is 12.2 Å². The predicted molar refractivity (Wildman–Crippen MR) is 130 cm³/mol.